The Bertz CT molecular complexity index is 561. The van der Waals surface area contributed by atoms with Gasteiger partial charge in [0.2, 0.25) is 0 Å². The summed E-state index contributed by atoms with van der Waals surface area (Å²) >= 11 is 0. The molecule has 0 aliphatic heterocycles. The molecule has 0 fully saturated rings. The minimum absolute atomic E-state index is 0.0511. The summed E-state index contributed by atoms with van der Waals surface area (Å²) in [6, 6.07) is 2.53. The maximum Gasteiger partial charge on any atom is 0.328 e. The normalized spacial score (nSPS) is 12.3. The Balaban J connectivity index is 2.22. The third-order valence-electron chi connectivity index (χ3n) is 2.29. The first kappa shape index (κ1) is 12.2. The van der Waals surface area contributed by atoms with Crippen LogP contribution in [-0.2, 0) is 9.53 Å². The summed E-state index contributed by atoms with van der Waals surface area (Å²) in [6.07, 6.45) is 3.10. The summed E-state index contributed by atoms with van der Waals surface area (Å²) in [5.41, 5.74) is 1.12. The van der Waals surface area contributed by atoms with Gasteiger partial charge in [0, 0.05) is 19.5 Å². The molecule has 0 spiro atoms. The lowest BCUT2D eigenvalue weighted by molar-refractivity contribution is -0.139. The van der Waals surface area contributed by atoms with Crippen molar-refractivity contribution in [3.8, 4) is 0 Å². The van der Waals surface area contributed by atoms with E-state index in [-0.39, 0.29) is 6.61 Å². The largest absolute Gasteiger partial charge is 0.480 e. The number of carbonyl (C=O) groups is 1. The lowest BCUT2D eigenvalue weighted by Gasteiger charge is -2.13. The number of aromatic nitrogens is 3. The third kappa shape index (κ3) is 2.69. The number of nitrogens with one attached hydrogen (secondary N) is 1. The van der Waals surface area contributed by atoms with E-state index in [4.69, 9.17) is 9.84 Å². The molecule has 2 aromatic rings. The van der Waals surface area contributed by atoms with Crippen molar-refractivity contribution in [2.45, 2.75) is 6.04 Å². The minimum atomic E-state index is -1.00. The van der Waals surface area contributed by atoms with Crippen molar-refractivity contribution in [2.75, 3.05) is 19.0 Å². The van der Waals surface area contributed by atoms with Gasteiger partial charge in [-0.05, 0) is 12.1 Å². The third-order valence-corrected chi connectivity index (χ3v) is 2.29. The van der Waals surface area contributed by atoms with Crippen LogP contribution in [0.15, 0.2) is 24.5 Å². The number of rotatable bonds is 5. The summed E-state index contributed by atoms with van der Waals surface area (Å²) in [7, 11) is 1.44. The van der Waals surface area contributed by atoms with Crippen LogP contribution in [0.4, 0.5) is 5.82 Å². The molecule has 94 valence electrons. The molecule has 2 aromatic heterocycles. The van der Waals surface area contributed by atoms with Crippen molar-refractivity contribution in [2.24, 2.45) is 0 Å². The molecule has 0 aliphatic rings. The summed E-state index contributed by atoms with van der Waals surface area (Å²) in [4.78, 5) is 23.3. The van der Waals surface area contributed by atoms with Gasteiger partial charge in [0.25, 0.3) is 0 Å². The number of carboxylic acid groups (broad SMARTS) is 1. The van der Waals surface area contributed by atoms with Gasteiger partial charge < -0.3 is 15.2 Å². The van der Waals surface area contributed by atoms with Crippen LogP contribution in [-0.4, -0.2) is 45.8 Å². The first-order valence-electron chi connectivity index (χ1n) is 5.27. The van der Waals surface area contributed by atoms with Crippen LogP contribution in [0.3, 0.4) is 0 Å². The highest BCUT2D eigenvalue weighted by molar-refractivity contribution is 5.78. The van der Waals surface area contributed by atoms with Gasteiger partial charge in [-0.2, -0.15) is 0 Å². The monoisotopic (exact) mass is 248 g/mol. The van der Waals surface area contributed by atoms with E-state index in [1.807, 2.05) is 0 Å². The smallest absolute Gasteiger partial charge is 0.328 e. The van der Waals surface area contributed by atoms with Crippen molar-refractivity contribution in [1.82, 2.24) is 15.0 Å². The first-order chi connectivity index (χ1) is 8.70. The molecule has 7 nitrogen and oxygen atoms in total. The Morgan fingerprint density at radius 2 is 2.22 bits per heavy atom. The number of aliphatic carboxylic acids is 1. The molecule has 0 saturated carbocycles. The van der Waals surface area contributed by atoms with E-state index in [0.717, 1.165) is 0 Å². The Hall–Kier alpha value is -2.28. The van der Waals surface area contributed by atoms with Crippen molar-refractivity contribution < 1.29 is 14.6 Å². The van der Waals surface area contributed by atoms with Crippen molar-refractivity contribution in [3.63, 3.8) is 0 Å². The lowest BCUT2D eigenvalue weighted by atomic mass is 10.3. The van der Waals surface area contributed by atoms with Gasteiger partial charge in [-0.25, -0.2) is 14.8 Å². The standard InChI is InChI=1S/C11H12N4O3/c1-18-6-8(11(16)17)14-9-3-2-7-10(15-9)13-5-4-12-7/h2-5,8H,6H2,1H3,(H,16,17)(H,13,14,15). The van der Waals surface area contributed by atoms with E-state index in [1.54, 1.807) is 18.3 Å². The molecule has 0 aromatic carbocycles. The Labute approximate surface area is 103 Å². The van der Waals surface area contributed by atoms with Crippen molar-refractivity contribution in [3.05, 3.63) is 24.5 Å². The number of carboxylic acids is 1. The van der Waals surface area contributed by atoms with Gasteiger partial charge in [0.15, 0.2) is 5.65 Å². The molecular formula is C11H12N4O3. The predicted octanol–water partition coefficient (Wildman–Crippen LogP) is 0.536. The number of nitrogens with zero attached hydrogens (tertiary/aromatic N) is 3. The summed E-state index contributed by atoms with van der Waals surface area (Å²) < 4.78 is 4.83. The second kappa shape index (κ2) is 5.37. The molecule has 1 atom stereocenters. The number of methoxy groups -OCH3 is 1. The highest BCUT2D eigenvalue weighted by Crippen LogP contribution is 2.11. The van der Waals surface area contributed by atoms with Gasteiger partial charge in [-0.15, -0.1) is 0 Å². The molecule has 0 amide bonds. The molecule has 18 heavy (non-hydrogen) atoms. The fourth-order valence-corrected chi connectivity index (χ4v) is 1.45. The zero-order valence-corrected chi connectivity index (χ0v) is 9.70. The van der Waals surface area contributed by atoms with E-state index < -0.39 is 12.0 Å². The van der Waals surface area contributed by atoms with Crippen LogP contribution < -0.4 is 5.32 Å². The van der Waals surface area contributed by atoms with E-state index >= 15 is 0 Å². The van der Waals surface area contributed by atoms with E-state index in [1.165, 1.54) is 13.3 Å². The van der Waals surface area contributed by atoms with Crippen LogP contribution in [0, 0.1) is 0 Å². The SMILES string of the molecule is COCC(Nc1ccc2nccnc2n1)C(=O)O. The summed E-state index contributed by atoms with van der Waals surface area (Å²) in [6.45, 7) is 0.0511. The van der Waals surface area contributed by atoms with Crippen LogP contribution in [0.2, 0.25) is 0 Å². The van der Waals surface area contributed by atoms with Crippen LogP contribution in [0.5, 0.6) is 0 Å². The summed E-state index contributed by atoms with van der Waals surface area (Å²) in [5, 5.41) is 11.7. The number of hydrogen-bond donors (Lipinski definition) is 2. The molecule has 0 bridgehead atoms. The van der Waals surface area contributed by atoms with Crippen molar-refractivity contribution in [1.29, 1.82) is 0 Å². The van der Waals surface area contributed by atoms with E-state index in [9.17, 15) is 4.79 Å². The molecule has 0 saturated heterocycles. The topological polar surface area (TPSA) is 97.2 Å². The highest BCUT2D eigenvalue weighted by Gasteiger charge is 2.17. The van der Waals surface area contributed by atoms with Gasteiger partial charge in [-0.3, -0.25) is 4.98 Å². The second-order valence-electron chi connectivity index (χ2n) is 3.59. The number of ether oxygens (including phenoxy) is 1. The number of hydrogen-bond acceptors (Lipinski definition) is 6. The Morgan fingerprint density at radius 3 is 2.94 bits per heavy atom. The zero-order chi connectivity index (χ0) is 13.0. The summed E-state index contributed by atoms with van der Waals surface area (Å²) in [5.74, 6) is -0.578. The minimum Gasteiger partial charge on any atom is -0.480 e. The Morgan fingerprint density at radius 1 is 1.44 bits per heavy atom. The maximum absolute atomic E-state index is 11.0. The van der Waals surface area contributed by atoms with E-state index in [2.05, 4.69) is 20.3 Å². The number of fused-ring (bicyclic) bond motifs is 1. The molecule has 0 radical (unpaired) electrons. The van der Waals surface area contributed by atoms with Gasteiger partial charge in [0.1, 0.15) is 17.4 Å². The van der Waals surface area contributed by atoms with Crippen LogP contribution in [0.1, 0.15) is 0 Å². The molecule has 1 unspecified atom stereocenters. The van der Waals surface area contributed by atoms with Gasteiger partial charge >= 0.3 is 5.97 Å². The van der Waals surface area contributed by atoms with Crippen LogP contribution in [0.25, 0.3) is 11.2 Å². The first-order valence-corrected chi connectivity index (χ1v) is 5.27. The highest BCUT2D eigenvalue weighted by atomic mass is 16.5. The maximum atomic E-state index is 11.0. The molecule has 0 aliphatic carbocycles. The zero-order valence-electron chi connectivity index (χ0n) is 9.70. The molecular weight excluding hydrogens is 236 g/mol. The van der Waals surface area contributed by atoms with Crippen LogP contribution >= 0.6 is 0 Å². The van der Waals surface area contributed by atoms with E-state index in [0.29, 0.717) is 17.0 Å². The fraction of sp³-hybridized carbons (Fsp3) is 0.273. The quantitative estimate of drug-likeness (QED) is 0.796. The molecule has 7 heteroatoms. The van der Waals surface area contributed by atoms with Crippen molar-refractivity contribution >= 4 is 23.0 Å². The average Bonchev–Trinajstić information content (AvgIpc) is 2.38. The number of anilines is 1. The molecule has 2 N–H and O–H groups in total. The van der Waals surface area contributed by atoms with Gasteiger partial charge in [0.05, 0.1) is 6.61 Å². The van der Waals surface area contributed by atoms with Gasteiger partial charge in [-0.1, -0.05) is 0 Å². The lowest BCUT2D eigenvalue weighted by Crippen LogP contribution is -2.33. The Kier molecular flexibility index (Phi) is 3.63. The average molecular weight is 248 g/mol. The second-order valence-corrected chi connectivity index (χ2v) is 3.59. The fourth-order valence-electron chi connectivity index (χ4n) is 1.45. The number of pyridine rings is 1. The predicted molar refractivity (Wildman–Crippen MR) is 64.3 cm³/mol. The molecule has 2 heterocycles. The molecule has 2 rings (SSSR count).